The quantitative estimate of drug-likeness (QED) is 0.870. The number of nitrogens with zero attached hydrogens (tertiary/aromatic N) is 1. The zero-order valence-corrected chi connectivity index (χ0v) is 11.4. The molecule has 1 fully saturated rings. The van der Waals surface area contributed by atoms with Crippen molar-refractivity contribution in [3.8, 4) is 0 Å². The fraction of sp³-hybridized carbons (Fsp3) is 0.533. The minimum atomic E-state index is -0.00623. The molecule has 19 heavy (non-hydrogen) atoms. The second-order valence-electron chi connectivity index (χ2n) is 5.37. The van der Waals surface area contributed by atoms with Crippen molar-refractivity contribution < 1.29 is 9.90 Å². The molecular formula is C15H22N2O2. The molecule has 4 nitrogen and oxygen atoms in total. The third-order valence-corrected chi connectivity index (χ3v) is 3.64. The van der Waals surface area contributed by atoms with Crippen molar-refractivity contribution >= 4 is 11.6 Å². The summed E-state index contributed by atoms with van der Waals surface area (Å²) < 4.78 is 0. The van der Waals surface area contributed by atoms with Gasteiger partial charge in [-0.3, -0.25) is 9.69 Å². The average Bonchev–Trinajstić information content (AvgIpc) is 2.41. The predicted octanol–water partition coefficient (Wildman–Crippen LogP) is 1.85. The van der Waals surface area contributed by atoms with E-state index in [0.29, 0.717) is 6.54 Å². The number of nitrogens with one attached hydrogen (secondary N) is 1. The van der Waals surface area contributed by atoms with Crippen LogP contribution >= 0.6 is 0 Å². The van der Waals surface area contributed by atoms with Gasteiger partial charge in [0.25, 0.3) is 0 Å². The van der Waals surface area contributed by atoms with E-state index >= 15 is 0 Å². The van der Waals surface area contributed by atoms with Crippen molar-refractivity contribution in [1.82, 2.24) is 4.90 Å². The van der Waals surface area contributed by atoms with Crippen molar-refractivity contribution in [2.45, 2.75) is 26.4 Å². The lowest BCUT2D eigenvalue weighted by atomic mass is 9.99. The minimum absolute atomic E-state index is 0.00623. The summed E-state index contributed by atoms with van der Waals surface area (Å²) in [5.74, 6) is 0.796. The van der Waals surface area contributed by atoms with Gasteiger partial charge in [-0.1, -0.05) is 19.1 Å². The normalized spacial score (nSPS) is 17.4. The number of amides is 1. The molecule has 1 aliphatic rings. The first-order valence-corrected chi connectivity index (χ1v) is 6.89. The molecule has 1 aromatic carbocycles. The molecule has 0 spiro atoms. The van der Waals surface area contributed by atoms with E-state index in [1.807, 2.05) is 18.2 Å². The van der Waals surface area contributed by atoms with Crippen LogP contribution in [0.4, 0.5) is 5.69 Å². The molecule has 4 heteroatoms. The van der Waals surface area contributed by atoms with Crippen molar-refractivity contribution in [1.29, 1.82) is 0 Å². The van der Waals surface area contributed by atoms with Gasteiger partial charge in [0.15, 0.2) is 0 Å². The summed E-state index contributed by atoms with van der Waals surface area (Å²) in [5, 5.41) is 11.9. The Morgan fingerprint density at radius 1 is 1.42 bits per heavy atom. The molecule has 1 saturated heterocycles. The zero-order chi connectivity index (χ0) is 13.7. The van der Waals surface area contributed by atoms with Crippen LogP contribution in [0, 0.1) is 5.92 Å². The third-order valence-electron chi connectivity index (χ3n) is 3.64. The van der Waals surface area contributed by atoms with Crippen LogP contribution in [-0.4, -0.2) is 35.5 Å². The number of aliphatic hydroxyl groups is 1. The highest BCUT2D eigenvalue weighted by Gasteiger charge is 2.17. The van der Waals surface area contributed by atoms with Gasteiger partial charge in [0.2, 0.25) is 5.91 Å². The van der Waals surface area contributed by atoms with Crippen molar-refractivity contribution in [2.75, 3.05) is 25.0 Å². The lowest BCUT2D eigenvalue weighted by Crippen LogP contribution is -2.38. The highest BCUT2D eigenvalue weighted by Crippen LogP contribution is 2.16. The van der Waals surface area contributed by atoms with Crippen LogP contribution in [0.5, 0.6) is 0 Å². The molecule has 0 bridgehead atoms. The summed E-state index contributed by atoms with van der Waals surface area (Å²) in [6.45, 7) is 4.72. The van der Waals surface area contributed by atoms with Gasteiger partial charge >= 0.3 is 0 Å². The fourth-order valence-electron chi connectivity index (χ4n) is 2.37. The Hall–Kier alpha value is -1.39. The Balaban J connectivity index is 1.83. The summed E-state index contributed by atoms with van der Waals surface area (Å²) in [6.07, 6.45) is 2.35. The zero-order valence-electron chi connectivity index (χ0n) is 11.4. The van der Waals surface area contributed by atoms with E-state index in [-0.39, 0.29) is 12.5 Å². The highest BCUT2D eigenvalue weighted by molar-refractivity contribution is 5.92. The summed E-state index contributed by atoms with van der Waals surface area (Å²) in [7, 11) is 0. The Morgan fingerprint density at radius 3 is 2.84 bits per heavy atom. The van der Waals surface area contributed by atoms with Crippen molar-refractivity contribution in [3.05, 3.63) is 29.8 Å². The monoisotopic (exact) mass is 262 g/mol. The maximum Gasteiger partial charge on any atom is 0.238 e. The van der Waals surface area contributed by atoms with Crippen molar-refractivity contribution in [2.24, 2.45) is 5.92 Å². The number of rotatable bonds is 4. The molecule has 0 aliphatic carbocycles. The van der Waals surface area contributed by atoms with Gasteiger partial charge < -0.3 is 10.4 Å². The largest absolute Gasteiger partial charge is 0.392 e. The SMILES string of the molecule is CC1CCN(CC(=O)Nc2cccc(CO)c2)CC1. The number of anilines is 1. The van der Waals surface area contributed by atoms with Crippen molar-refractivity contribution in [3.63, 3.8) is 0 Å². The van der Waals surface area contributed by atoms with E-state index in [4.69, 9.17) is 5.11 Å². The number of aliphatic hydroxyl groups excluding tert-OH is 1. The first-order chi connectivity index (χ1) is 9.17. The molecule has 1 aliphatic heterocycles. The first kappa shape index (κ1) is 14.0. The maximum absolute atomic E-state index is 11.9. The standard InChI is InChI=1S/C15H22N2O2/c1-12-5-7-17(8-6-12)10-15(19)16-14-4-2-3-13(9-14)11-18/h2-4,9,12,18H,5-8,10-11H2,1H3,(H,16,19). The van der Waals surface area contributed by atoms with Gasteiger partial charge in [-0.15, -0.1) is 0 Å². The smallest absolute Gasteiger partial charge is 0.238 e. The third kappa shape index (κ3) is 4.33. The summed E-state index contributed by atoms with van der Waals surface area (Å²) in [6, 6.07) is 7.32. The lowest BCUT2D eigenvalue weighted by molar-refractivity contribution is -0.117. The number of likely N-dealkylation sites (tertiary alicyclic amines) is 1. The number of carbonyl (C=O) groups is 1. The number of carbonyl (C=O) groups excluding carboxylic acids is 1. The van der Waals surface area contributed by atoms with Crippen LogP contribution < -0.4 is 5.32 Å². The first-order valence-electron chi connectivity index (χ1n) is 6.89. The van der Waals surface area contributed by atoms with Crippen LogP contribution in [-0.2, 0) is 11.4 Å². The van der Waals surface area contributed by atoms with Gasteiger partial charge in [-0.05, 0) is 49.5 Å². The molecule has 0 saturated carbocycles. The predicted molar refractivity (Wildman–Crippen MR) is 75.8 cm³/mol. The maximum atomic E-state index is 11.9. The molecule has 104 valence electrons. The molecule has 1 heterocycles. The highest BCUT2D eigenvalue weighted by atomic mass is 16.3. The van der Waals surface area contributed by atoms with Gasteiger partial charge in [-0.2, -0.15) is 0 Å². The topological polar surface area (TPSA) is 52.6 Å². The number of hydrogen-bond donors (Lipinski definition) is 2. The molecule has 0 atom stereocenters. The van der Waals surface area contributed by atoms with E-state index in [0.717, 1.165) is 30.3 Å². The fourth-order valence-corrected chi connectivity index (χ4v) is 2.37. The number of piperidine rings is 1. The van der Waals surface area contributed by atoms with Crippen LogP contribution in [0.15, 0.2) is 24.3 Å². The van der Waals surface area contributed by atoms with Gasteiger partial charge in [-0.25, -0.2) is 0 Å². The van der Waals surface area contributed by atoms with Gasteiger partial charge in [0.05, 0.1) is 13.2 Å². The van der Waals surface area contributed by atoms with Gasteiger partial charge in [0.1, 0.15) is 0 Å². The van der Waals surface area contributed by atoms with E-state index in [9.17, 15) is 4.79 Å². The number of benzene rings is 1. The average molecular weight is 262 g/mol. The van der Waals surface area contributed by atoms with E-state index in [1.165, 1.54) is 12.8 Å². The Morgan fingerprint density at radius 2 is 2.16 bits per heavy atom. The molecule has 1 aromatic rings. The Labute approximate surface area is 114 Å². The van der Waals surface area contributed by atoms with Crippen LogP contribution in [0.1, 0.15) is 25.3 Å². The Kier molecular flexibility index (Phi) is 4.93. The molecular weight excluding hydrogens is 240 g/mol. The van der Waals surface area contributed by atoms with Crippen LogP contribution in [0.3, 0.4) is 0 Å². The van der Waals surface area contributed by atoms with Crippen LogP contribution in [0.25, 0.3) is 0 Å². The molecule has 0 radical (unpaired) electrons. The molecule has 1 amide bonds. The second kappa shape index (κ2) is 6.68. The lowest BCUT2D eigenvalue weighted by Gasteiger charge is -2.29. The minimum Gasteiger partial charge on any atom is -0.392 e. The number of hydrogen-bond acceptors (Lipinski definition) is 3. The summed E-state index contributed by atoms with van der Waals surface area (Å²) >= 11 is 0. The van der Waals surface area contributed by atoms with Gasteiger partial charge in [0, 0.05) is 5.69 Å². The van der Waals surface area contributed by atoms with E-state index in [1.54, 1.807) is 6.07 Å². The van der Waals surface area contributed by atoms with Crippen LogP contribution in [0.2, 0.25) is 0 Å². The molecule has 2 rings (SSSR count). The molecule has 2 N–H and O–H groups in total. The summed E-state index contributed by atoms with van der Waals surface area (Å²) in [4.78, 5) is 14.1. The molecule has 0 aromatic heterocycles. The molecule has 0 unspecified atom stereocenters. The van der Waals surface area contributed by atoms with E-state index in [2.05, 4.69) is 17.1 Å². The second-order valence-corrected chi connectivity index (χ2v) is 5.37. The Bertz CT molecular complexity index is 426. The summed E-state index contributed by atoms with van der Waals surface area (Å²) in [5.41, 5.74) is 1.56. The van der Waals surface area contributed by atoms with E-state index < -0.39 is 0 Å².